The van der Waals surface area contributed by atoms with Crippen molar-refractivity contribution >= 4 is 5.69 Å². The molecular formula is C17H23N3O. The lowest BCUT2D eigenvalue weighted by atomic mass is 9.98. The van der Waals surface area contributed by atoms with Crippen molar-refractivity contribution in [3.05, 3.63) is 59.7 Å². The highest BCUT2D eigenvalue weighted by atomic mass is 16.5. The van der Waals surface area contributed by atoms with Crippen molar-refractivity contribution in [1.29, 1.82) is 0 Å². The molecule has 1 unspecified atom stereocenters. The molecule has 0 aliphatic heterocycles. The van der Waals surface area contributed by atoms with Crippen LogP contribution in [-0.2, 0) is 0 Å². The standard InChI is InChI=1S/C17H23N3O/c1-4-21-16-10-8-13(9-11-16)17(19-18)14-6-5-7-15(12-14)20(2)3/h5-12,17,19H,4,18H2,1-3H3. The van der Waals surface area contributed by atoms with Gasteiger partial charge in [-0.1, -0.05) is 24.3 Å². The first-order valence-electron chi connectivity index (χ1n) is 7.12. The smallest absolute Gasteiger partial charge is 0.119 e. The molecule has 0 bridgehead atoms. The first-order valence-corrected chi connectivity index (χ1v) is 7.12. The van der Waals surface area contributed by atoms with Crippen molar-refractivity contribution in [3.63, 3.8) is 0 Å². The second kappa shape index (κ2) is 7.11. The summed E-state index contributed by atoms with van der Waals surface area (Å²) in [5.74, 6) is 6.64. The van der Waals surface area contributed by atoms with E-state index in [1.54, 1.807) is 0 Å². The maximum Gasteiger partial charge on any atom is 0.119 e. The summed E-state index contributed by atoms with van der Waals surface area (Å²) < 4.78 is 5.47. The Labute approximate surface area is 126 Å². The van der Waals surface area contributed by atoms with E-state index in [0.29, 0.717) is 6.61 Å². The van der Waals surface area contributed by atoms with E-state index in [1.807, 2.05) is 51.4 Å². The highest BCUT2D eigenvalue weighted by Gasteiger charge is 2.13. The minimum absolute atomic E-state index is 0.0411. The molecule has 4 heteroatoms. The molecule has 4 nitrogen and oxygen atoms in total. The first-order chi connectivity index (χ1) is 10.2. The van der Waals surface area contributed by atoms with Crippen molar-refractivity contribution in [2.75, 3.05) is 25.6 Å². The van der Waals surface area contributed by atoms with Gasteiger partial charge >= 0.3 is 0 Å². The van der Waals surface area contributed by atoms with Crippen LogP contribution in [0.1, 0.15) is 24.1 Å². The van der Waals surface area contributed by atoms with Crippen LogP contribution in [0.15, 0.2) is 48.5 Å². The molecule has 2 aromatic rings. The topological polar surface area (TPSA) is 50.5 Å². The Kier molecular flexibility index (Phi) is 5.20. The van der Waals surface area contributed by atoms with Crippen molar-refractivity contribution in [2.45, 2.75) is 13.0 Å². The van der Waals surface area contributed by atoms with E-state index in [2.05, 4.69) is 28.5 Å². The normalized spacial score (nSPS) is 12.0. The van der Waals surface area contributed by atoms with Gasteiger partial charge in [-0.15, -0.1) is 0 Å². The third kappa shape index (κ3) is 3.74. The minimum atomic E-state index is -0.0411. The number of rotatable bonds is 6. The molecular weight excluding hydrogens is 262 g/mol. The van der Waals surface area contributed by atoms with E-state index < -0.39 is 0 Å². The number of nitrogens with one attached hydrogen (secondary N) is 1. The van der Waals surface area contributed by atoms with Gasteiger partial charge in [-0.25, -0.2) is 5.43 Å². The number of nitrogens with zero attached hydrogens (tertiary/aromatic N) is 1. The van der Waals surface area contributed by atoms with Crippen LogP contribution >= 0.6 is 0 Å². The van der Waals surface area contributed by atoms with Crippen molar-refractivity contribution in [1.82, 2.24) is 5.43 Å². The summed E-state index contributed by atoms with van der Waals surface area (Å²) in [5, 5.41) is 0. The van der Waals surface area contributed by atoms with Crippen LogP contribution in [0.25, 0.3) is 0 Å². The summed E-state index contributed by atoms with van der Waals surface area (Å²) in [5.41, 5.74) is 6.28. The Morgan fingerprint density at radius 2 is 1.81 bits per heavy atom. The Morgan fingerprint density at radius 3 is 2.38 bits per heavy atom. The lowest BCUT2D eigenvalue weighted by molar-refractivity contribution is 0.340. The SMILES string of the molecule is CCOc1ccc(C(NN)c2cccc(N(C)C)c2)cc1. The molecule has 0 aliphatic rings. The van der Waals surface area contributed by atoms with Gasteiger partial charge in [0.25, 0.3) is 0 Å². The second-order valence-corrected chi connectivity index (χ2v) is 5.09. The third-order valence-electron chi connectivity index (χ3n) is 3.41. The number of anilines is 1. The zero-order chi connectivity index (χ0) is 15.2. The molecule has 3 N–H and O–H groups in total. The summed E-state index contributed by atoms with van der Waals surface area (Å²) in [4.78, 5) is 2.08. The summed E-state index contributed by atoms with van der Waals surface area (Å²) in [7, 11) is 4.06. The molecule has 112 valence electrons. The number of nitrogens with two attached hydrogens (primary N) is 1. The van der Waals surface area contributed by atoms with Crippen LogP contribution in [0.4, 0.5) is 5.69 Å². The zero-order valence-corrected chi connectivity index (χ0v) is 12.8. The molecule has 0 spiro atoms. The number of hydrazine groups is 1. The van der Waals surface area contributed by atoms with Crippen molar-refractivity contribution in [3.8, 4) is 5.75 Å². The fourth-order valence-corrected chi connectivity index (χ4v) is 2.29. The predicted molar refractivity (Wildman–Crippen MR) is 87.5 cm³/mol. The summed E-state index contributed by atoms with van der Waals surface area (Å²) in [6.07, 6.45) is 0. The highest BCUT2D eigenvalue weighted by Crippen LogP contribution is 2.26. The molecule has 0 heterocycles. The van der Waals surface area contributed by atoms with E-state index in [1.165, 1.54) is 0 Å². The van der Waals surface area contributed by atoms with Crippen molar-refractivity contribution < 1.29 is 4.74 Å². The lowest BCUT2D eigenvalue weighted by Crippen LogP contribution is -2.29. The lowest BCUT2D eigenvalue weighted by Gasteiger charge is -2.20. The molecule has 0 radical (unpaired) electrons. The number of hydrogen-bond donors (Lipinski definition) is 2. The Hall–Kier alpha value is -2.04. The molecule has 0 saturated carbocycles. The van der Waals surface area contributed by atoms with E-state index in [-0.39, 0.29) is 6.04 Å². The Morgan fingerprint density at radius 1 is 1.10 bits per heavy atom. The largest absolute Gasteiger partial charge is 0.494 e. The molecule has 0 amide bonds. The average Bonchev–Trinajstić information content (AvgIpc) is 2.50. The third-order valence-corrected chi connectivity index (χ3v) is 3.41. The molecule has 0 aromatic heterocycles. The zero-order valence-electron chi connectivity index (χ0n) is 12.8. The van der Waals surface area contributed by atoms with E-state index in [4.69, 9.17) is 10.6 Å². The highest BCUT2D eigenvalue weighted by molar-refractivity contribution is 5.49. The maximum atomic E-state index is 5.76. The fourth-order valence-electron chi connectivity index (χ4n) is 2.29. The molecule has 21 heavy (non-hydrogen) atoms. The maximum absolute atomic E-state index is 5.76. The fraction of sp³-hybridized carbons (Fsp3) is 0.294. The van der Waals surface area contributed by atoms with Crippen LogP contribution in [-0.4, -0.2) is 20.7 Å². The van der Waals surface area contributed by atoms with Crippen LogP contribution < -0.4 is 20.9 Å². The summed E-state index contributed by atoms with van der Waals surface area (Å²) in [6, 6.07) is 16.3. The average molecular weight is 285 g/mol. The molecule has 1 atom stereocenters. The summed E-state index contributed by atoms with van der Waals surface area (Å²) >= 11 is 0. The van der Waals surface area contributed by atoms with Gasteiger partial charge in [-0.05, 0) is 42.3 Å². The van der Waals surface area contributed by atoms with Gasteiger partial charge in [0.1, 0.15) is 5.75 Å². The summed E-state index contributed by atoms with van der Waals surface area (Å²) in [6.45, 7) is 2.65. The van der Waals surface area contributed by atoms with Gasteiger partial charge in [-0.3, -0.25) is 5.84 Å². The molecule has 2 rings (SSSR count). The van der Waals surface area contributed by atoms with Gasteiger partial charge < -0.3 is 9.64 Å². The van der Waals surface area contributed by atoms with Crippen LogP contribution in [0.3, 0.4) is 0 Å². The van der Waals surface area contributed by atoms with Gasteiger partial charge in [0, 0.05) is 19.8 Å². The number of benzene rings is 2. The molecule has 2 aromatic carbocycles. The van der Waals surface area contributed by atoms with E-state index >= 15 is 0 Å². The second-order valence-electron chi connectivity index (χ2n) is 5.09. The predicted octanol–water partition coefficient (Wildman–Crippen LogP) is 2.70. The minimum Gasteiger partial charge on any atom is -0.494 e. The number of hydrogen-bond acceptors (Lipinski definition) is 4. The number of ether oxygens (including phenoxy) is 1. The van der Waals surface area contributed by atoms with Crippen LogP contribution in [0.2, 0.25) is 0 Å². The van der Waals surface area contributed by atoms with Gasteiger partial charge in [-0.2, -0.15) is 0 Å². The monoisotopic (exact) mass is 285 g/mol. The van der Waals surface area contributed by atoms with Crippen LogP contribution in [0, 0.1) is 0 Å². The van der Waals surface area contributed by atoms with Gasteiger partial charge in [0.15, 0.2) is 0 Å². The Bertz CT molecular complexity index is 567. The molecule has 0 aliphatic carbocycles. The van der Waals surface area contributed by atoms with Gasteiger partial charge in [0.2, 0.25) is 0 Å². The van der Waals surface area contributed by atoms with E-state index in [9.17, 15) is 0 Å². The first kappa shape index (κ1) is 15.4. The van der Waals surface area contributed by atoms with E-state index in [0.717, 1.165) is 22.6 Å². The quantitative estimate of drug-likeness (QED) is 0.633. The van der Waals surface area contributed by atoms with Crippen molar-refractivity contribution in [2.24, 2.45) is 5.84 Å². The molecule has 0 saturated heterocycles. The van der Waals surface area contributed by atoms with Crippen LogP contribution in [0.5, 0.6) is 5.75 Å². The van der Waals surface area contributed by atoms with Gasteiger partial charge in [0.05, 0.1) is 12.6 Å². The Balaban J connectivity index is 2.28. The molecule has 0 fully saturated rings.